The van der Waals surface area contributed by atoms with Crippen LogP contribution in [0.1, 0.15) is 12.6 Å². The zero-order valence-corrected chi connectivity index (χ0v) is 10.0. The molecule has 0 unspecified atom stereocenters. The lowest BCUT2D eigenvalue weighted by Gasteiger charge is -1.99. The Morgan fingerprint density at radius 1 is 1.39 bits per heavy atom. The van der Waals surface area contributed by atoms with E-state index in [-0.39, 0.29) is 5.69 Å². The molecule has 6 heteroatoms. The molecule has 0 radical (unpaired) electrons. The van der Waals surface area contributed by atoms with Crippen molar-refractivity contribution in [3.8, 4) is 11.3 Å². The van der Waals surface area contributed by atoms with Crippen molar-refractivity contribution in [2.45, 2.75) is 20.0 Å². The van der Waals surface area contributed by atoms with E-state index in [0.717, 1.165) is 23.5 Å². The Morgan fingerprint density at radius 2 is 2.06 bits per heavy atom. The van der Waals surface area contributed by atoms with Crippen LogP contribution in [0.4, 0.5) is 5.69 Å². The van der Waals surface area contributed by atoms with E-state index in [1.807, 2.05) is 17.7 Å². The van der Waals surface area contributed by atoms with E-state index in [9.17, 15) is 10.1 Å². The normalized spacial score (nSPS) is 10.6. The molecule has 0 saturated heterocycles. The summed E-state index contributed by atoms with van der Waals surface area (Å²) in [4.78, 5) is 10.2. The highest BCUT2D eigenvalue weighted by atomic mass is 16.6. The van der Waals surface area contributed by atoms with Crippen molar-refractivity contribution in [3.63, 3.8) is 0 Å². The van der Waals surface area contributed by atoms with Gasteiger partial charge in [-0.05, 0) is 25.1 Å². The Bertz CT molecular complexity index is 538. The van der Waals surface area contributed by atoms with Crippen molar-refractivity contribution < 1.29 is 4.92 Å². The molecule has 0 aliphatic rings. The third-order valence-corrected chi connectivity index (χ3v) is 2.75. The SMILES string of the molecule is CCn1nc(-c2ccc([N+](=O)[O-])cc2)cc1CN. The van der Waals surface area contributed by atoms with Crippen LogP contribution in [0.3, 0.4) is 0 Å². The van der Waals surface area contributed by atoms with E-state index in [0.29, 0.717) is 6.54 Å². The molecule has 18 heavy (non-hydrogen) atoms. The number of aryl methyl sites for hydroxylation is 1. The largest absolute Gasteiger partial charge is 0.325 e. The van der Waals surface area contributed by atoms with E-state index >= 15 is 0 Å². The summed E-state index contributed by atoms with van der Waals surface area (Å²) < 4.78 is 1.83. The molecule has 2 rings (SSSR count). The van der Waals surface area contributed by atoms with Gasteiger partial charge in [0.15, 0.2) is 0 Å². The average Bonchev–Trinajstić information content (AvgIpc) is 2.82. The van der Waals surface area contributed by atoms with Crippen molar-refractivity contribution in [1.82, 2.24) is 9.78 Å². The van der Waals surface area contributed by atoms with Crippen LogP contribution in [-0.2, 0) is 13.1 Å². The lowest BCUT2D eigenvalue weighted by molar-refractivity contribution is -0.384. The molecule has 0 spiro atoms. The number of hydrogen-bond donors (Lipinski definition) is 1. The summed E-state index contributed by atoms with van der Waals surface area (Å²) in [6.07, 6.45) is 0. The van der Waals surface area contributed by atoms with Crippen LogP contribution in [0, 0.1) is 10.1 Å². The van der Waals surface area contributed by atoms with Crippen molar-refractivity contribution in [1.29, 1.82) is 0 Å². The molecule has 1 heterocycles. The minimum atomic E-state index is -0.417. The van der Waals surface area contributed by atoms with Gasteiger partial charge in [-0.15, -0.1) is 0 Å². The van der Waals surface area contributed by atoms with E-state index in [2.05, 4.69) is 5.10 Å². The lowest BCUT2D eigenvalue weighted by Crippen LogP contribution is -2.06. The second-order valence-corrected chi connectivity index (χ2v) is 3.84. The molecule has 0 fully saturated rings. The summed E-state index contributed by atoms with van der Waals surface area (Å²) in [5, 5.41) is 15.0. The quantitative estimate of drug-likeness (QED) is 0.659. The maximum atomic E-state index is 10.6. The van der Waals surface area contributed by atoms with Gasteiger partial charge in [0.05, 0.1) is 16.3 Å². The molecule has 0 atom stereocenters. The molecular weight excluding hydrogens is 232 g/mol. The van der Waals surface area contributed by atoms with Crippen LogP contribution < -0.4 is 5.73 Å². The van der Waals surface area contributed by atoms with Gasteiger partial charge >= 0.3 is 0 Å². The molecule has 2 aromatic rings. The fourth-order valence-electron chi connectivity index (χ4n) is 1.79. The highest BCUT2D eigenvalue weighted by molar-refractivity contribution is 5.61. The molecular formula is C12H14N4O2. The first-order valence-electron chi connectivity index (χ1n) is 5.67. The Labute approximate surface area is 104 Å². The van der Waals surface area contributed by atoms with Crippen molar-refractivity contribution in [2.24, 2.45) is 5.73 Å². The zero-order valence-electron chi connectivity index (χ0n) is 10.0. The summed E-state index contributed by atoms with van der Waals surface area (Å²) in [7, 11) is 0. The van der Waals surface area contributed by atoms with Crippen LogP contribution in [0.15, 0.2) is 30.3 Å². The van der Waals surface area contributed by atoms with Gasteiger partial charge in [-0.25, -0.2) is 0 Å². The lowest BCUT2D eigenvalue weighted by atomic mass is 10.1. The van der Waals surface area contributed by atoms with E-state index in [1.165, 1.54) is 12.1 Å². The number of hydrogen-bond acceptors (Lipinski definition) is 4. The van der Waals surface area contributed by atoms with E-state index in [4.69, 9.17) is 5.73 Å². The second-order valence-electron chi connectivity index (χ2n) is 3.84. The number of non-ortho nitro benzene ring substituents is 1. The minimum absolute atomic E-state index is 0.0766. The van der Waals surface area contributed by atoms with E-state index < -0.39 is 4.92 Å². The Morgan fingerprint density at radius 3 is 2.50 bits per heavy atom. The summed E-state index contributed by atoms with van der Waals surface area (Å²) in [5.41, 5.74) is 8.29. The van der Waals surface area contributed by atoms with E-state index in [1.54, 1.807) is 12.1 Å². The monoisotopic (exact) mass is 246 g/mol. The highest BCUT2D eigenvalue weighted by Crippen LogP contribution is 2.22. The Balaban J connectivity index is 2.36. The molecule has 94 valence electrons. The van der Waals surface area contributed by atoms with Crippen LogP contribution >= 0.6 is 0 Å². The molecule has 0 amide bonds. The van der Waals surface area contributed by atoms with Crippen LogP contribution in [0.25, 0.3) is 11.3 Å². The number of benzene rings is 1. The molecule has 2 N–H and O–H groups in total. The van der Waals surface area contributed by atoms with Crippen LogP contribution in [0.5, 0.6) is 0 Å². The highest BCUT2D eigenvalue weighted by Gasteiger charge is 2.09. The maximum Gasteiger partial charge on any atom is 0.269 e. The smallest absolute Gasteiger partial charge is 0.269 e. The third kappa shape index (κ3) is 2.23. The number of aromatic nitrogens is 2. The maximum absolute atomic E-state index is 10.6. The topological polar surface area (TPSA) is 87.0 Å². The third-order valence-electron chi connectivity index (χ3n) is 2.75. The molecule has 0 aliphatic carbocycles. The number of nitrogens with two attached hydrogens (primary N) is 1. The van der Waals surface area contributed by atoms with Crippen LogP contribution in [-0.4, -0.2) is 14.7 Å². The van der Waals surface area contributed by atoms with Gasteiger partial charge in [0.2, 0.25) is 0 Å². The van der Waals surface area contributed by atoms with Gasteiger partial charge in [-0.3, -0.25) is 14.8 Å². The molecule has 1 aromatic carbocycles. The van der Waals surface area contributed by atoms with Crippen molar-refractivity contribution >= 4 is 5.69 Å². The number of nitro benzene ring substituents is 1. The fourth-order valence-corrected chi connectivity index (χ4v) is 1.79. The summed E-state index contributed by atoms with van der Waals surface area (Å²) in [6.45, 7) is 3.17. The first-order chi connectivity index (χ1) is 8.65. The summed E-state index contributed by atoms with van der Waals surface area (Å²) in [5.74, 6) is 0. The van der Waals surface area contributed by atoms with Gasteiger partial charge in [0, 0.05) is 30.8 Å². The van der Waals surface area contributed by atoms with Crippen LogP contribution in [0.2, 0.25) is 0 Å². The molecule has 1 aromatic heterocycles. The minimum Gasteiger partial charge on any atom is -0.325 e. The summed E-state index contributed by atoms with van der Waals surface area (Å²) >= 11 is 0. The zero-order chi connectivity index (χ0) is 13.1. The number of nitrogens with zero attached hydrogens (tertiary/aromatic N) is 3. The molecule has 0 aliphatic heterocycles. The average molecular weight is 246 g/mol. The van der Waals surface area contributed by atoms with Gasteiger partial charge in [0.1, 0.15) is 0 Å². The Hall–Kier alpha value is -2.21. The first-order valence-corrected chi connectivity index (χ1v) is 5.67. The van der Waals surface area contributed by atoms with Crippen molar-refractivity contribution in [2.75, 3.05) is 0 Å². The van der Waals surface area contributed by atoms with Gasteiger partial charge in [-0.1, -0.05) is 0 Å². The Kier molecular flexibility index (Phi) is 3.38. The standard InChI is InChI=1S/C12H14N4O2/c1-2-15-11(8-13)7-12(14-15)9-3-5-10(6-4-9)16(17)18/h3-7H,2,8,13H2,1H3. The second kappa shape index (κ2) is 4.97. The van der Waals surface area contributed by atoms with Gasteiger partial charge in [0.25, 0.3) is 5.69 Å². The van der Waals surface area contributed by atoms with Gasteiger partial charge in [-0.2, -0.15) is 5.10 Å². The molecule has 0 saturated carbocycles. The predicted molar refractivity (Wildman–Crippen MR) is 67.9 cm³/mol. The summed E-state index contributed by atoms with van der Waals surface area (Å²) in [6, 6.07) is 8.25. The number of nitro groups is 1. The van der Waals surface area contributed by atoms with Crippen molar-refractivity contribution in [3.05, 3.63) is 46.1 Å². The predicted octanol–water partition coefficient (Wildman–Crippen LogP) is 1.94. The number of rotatable bonds is 4. The molecule has 6 nitrogen and oxygen atoms in total. The molecule has 0 bridgehead atoms. The fraction of sp³-hybridized carbons (Fsp3) is 0.250. The van der Waals surface area contributed by atoms with Gasteiger partial charge < -0.3 is 5.73 Å². The first kappa shape index (κ1) is 12.3.